The van der Waals surface area contributed by atoms with Gasteiger partial charge in [0.15, 0.2) is 0 Å². The normalized spacial score (nSPS) is 15.2. The van der Waals surface area contributed by atoms with E-state index >= 15 is 0 Å². The molecule has 4 heteroatoms. The zero-order chi connectivity index (χ0) is 11.4. The molecule has 1 fully saturated rings. The average molecular weight is 237 g/mol. The van der Waals surface area contributed by atoms with Crippen LogP contribution in [0.1, 0.15) is 17.3 Å². The van der Waals surface area contributed by atoms with Crippen molar-refractivity contribution in [3.63, 3.8) is 0 Å². The number of nitrogens with zero attached hydrogens (tertiary/aromatic N) is 1. The van der Waals surface area contributed by atoms with Crippen LogP contribution in [0.5, 0.6) is 5.75 Å². The second-order valence-electron chi connectivity index (χ2n) is 3.56. The number of ether oxygens (including phenoxy) is 1. The van der Waals surface area contributed by atoms with E-state index in [0.29, 0.717) is 6.61 Å². The van der Waals surface area contributed by atoms with Crippen molar-refractivity contribution in [2.24, 2.45) is 0 Å². The maximum absolute atomic E-state index is 12.0. The fourth-order valence-corrected chi connectivity index (χ4v) is 2.56. The monoisotopic (exact) mass is 237 g/mol. The molecule has 0 aromatic heterocycles. The van der Waals surface area contributed by atoms with E-state index < -0.39 is 0 Å². The van der Waals surface area contributed by atoms with Crippen LogP contribution in [0.25, 0.3) is 0 Å². The van der Waals surface area contributed by atoms with Gasteiger partial charge in [-0.2, -0.15) is 0 Å². The van der Waals surface area contributed by atoms with Crippen molar-refractivity contribution in [1.82, 2.24) is 4.90 Å². The number of hydrogen-bond donors (Lipinski definition) is 0. The van der Waals surface area contributed by atoms with Gasteiger partial charge in [0.05, 0.1) is 12.5 Å². The lowest BCUT2D eigenvalue weighted by Crippen LogP contribution is -2.27. The highest BCUT2D eigenvalue weighted by molar-refractivity contribution is 7.99. The molecule has 0 spiro atoms. The second-order valence-corrected chi connectivity index (χ2v) is 4.64. The quantitative estimate of drug-likeness (QED) is 0.807. The Balaban J connectivity index is 2.05. The van der Waals surface area contributed by atoms with Crippen LogP contribution >= 0.6 is 11.8 Å². The molecule has 1 saturated heterocycles. The topological polar surface area (TPSA) is 29.5 Å². The molecule has 0 atom stereocenters. The lowest BCUT2D eigenvalue weighted by molar-refractivity contribution is 0.0802. The van der Waals surface area contributed by atoms with Crippen molar-refractivity contribution in [2.75, 3.05) is 24.8 Å². The Morgan fingerprint density at radius 3 is 2.75 bits per heavy atom. The van der Waals surface area contributed by atoms with E-state index in [1.165, 1.54) is 0 Å². The SMILES string of the molecule is CCOc1ccc(C(=O)N2CCSC2)cc1. The first-order valence-electron chi connectivity index (χ1n) is 5.41. The molecule has 2 rings (SSSR count). The van der Waals surface area contributed by atoms with E-state index in [2.05, 4.69) is 0 Å². The summed E-state index contributed by atoms with van der Waals surface area (Å²) in [6, 6.07) is 7.35. The van der Waals surface area contributed by atoms with Crippen LogP contribution in [-0.4, -0.2) is 35.6 Å². The number of benzene rings is 1. The van der Waals surface area contributed by atoms with Gasteiger partial charge in [-0.3, -0.25) is 4.79 Å². The first-order valence-corrected chi connectivity index (χ1v) is 6.56. The third-order valence-corrected chi connectivity index (χ3v) is 3.42. The molecule has 1 aliphatic rings. The van der Waals surface area contributed by atoms with Gasteiger partial charge in [0.2, 0.25) is 0 Å². The van der Waals surface area contributed by atoms with E-state index in [1.54, 1.807) is 11.8 Å². The number of amides is 1. The number of hydrogen-bond acceptors (Lipinski definition) is 3. The fourth-order valence-electron chi connectivity index (χ4n) is 1.62. The Hall–Kier alpha value is -1.16. The van der Waals surface area contributed by atoms with Crippen molar-refractivity contribution in [2.45, 2.75) is 6.92 Å². The minimum atomic E-state index is 0.119. The van der Waals surface area contributed by atoms with E-state index in [-0.39, 0.29) is 5.91 Å². The Bertz CT molecular complexity index is 358. The fraction of sp³-hybridized carbons (Fsp3) is 0.417. The van der Waals surface area contributed by atoms with Crippen molar-refractivity contribution in [3.05, 3.63) is 29.8 Å². The van der Waals surface area contributed by atoms with E-state index in [1.807, 2.05) is 36.1 Å². The van der Waals surface area contributed by atoms with Gasteiger partial charge in [-0.1, -0.05) is 0 Å². The van der Waals surface area contributed by atoms with Gasteiger partial charge < -0.3 is 9.64 Å². The van der Waals surface area contributed by atoms with Gasteiger partial charge in [-0.15, -0.1) is 11.8 Å². The van der Waals surface area contributed by atoms with Crippen LogP contribution in [0.3, 0.4) is 0 Å². The molecule has 0 N–H and O–H groups in total. The van der Waals surface area contributed by atoms with Crippen LogP contribution in [0, 0.1) is 0 Å². The molecule has 3 nitrogen and oxygen atoms in total. The molecule has 1 aromatic rings. The zero-order valence-corrected chi connectivity index (χ0v) is 10.1. The predicted octanol–water partition coefficient (Wildman–Crippen LogP) is 2.23. The van der Waals surface area contributed by atoms with E-state index in [9.17, 15) is 4.79 Å². The molecule has 1 aliphatic heterocycles. The minimum absolute atomic E-state index is 0.119. The van der Waals surface area contributed by atoms with Crippen molar-refractivity contribution >= 4 is 17.7 Å². The van der Waals surface area contributed by atoms with Gasteiger partial charge in [0.25, 0.3) is 5.91 Å². The molecule has 16 heavy (non-hydrogen) atoms. The van der Waals surface area contributed by atoms with Crippen LogP contribution in [0.4, 0.5) is 0 Å². The number of rotatable bonds is 3. The third-order valence-electron chi connectivity index (χ3n) is 2.45. The van der Waals surface area contributed by atoms with Gasteiger partial charge in [-0.25, -0.2) is 0 Å². The zero-order valence-electron chi connectivity index (χ0n) is 9.31. The smallest absolute Gasteiger partial charge is 0.254 e. The summed E-state index contributed by atoms with van der Waals surface area (Å²) in [5, 5.41) is 0. The van der Waals surface area contributed by atoms with E-state index in [0.717, 1.165) is 29.5 Å². The number of carbonyl (C=O) groups is 1. The van der Waals surface area contributed by atoms with Crippen molar-refractivity contribution < 1.29 is 9.53 Å². The third kappa shape index (κ3) is 2.50. The largest absolute Gasteiger partial charge is 0.494 e. The standard InChI is InChI=1S/C12H15NO2S/c1-2-15-11-5-3-10(4-6-11)12(14)13-7-8-16-9-13/h3-6H,2,7-9H2,1H3. The van der Waals surface area contributed by atoms with Crippen LogP contribution < -0.4 is 4.74 Å². The Kier molecular flexibility index (Phi) is 3.72. The van der Waals surface area contributed by atoms with Crippen molar-refractivity contribution in [3.8, 4) is 5.75 Å². The summed E-state index contributed by atoms with van der Waals surface area (Å²) >= 11 is 1.80. The minimum Gasteiger partial charge on any atom is -0.494 e. The Morgan fingerprint density at radius 2 is 2.19 bits per heavy atom. The highest BCUT2D eigenvalue weighted by Gasteiger charge is 2.19. The molecule has 0 aliphatic carbocycles. The van der Waals surface area contributed by atoms with Crippen molar-refractivity contribution in [1.29, 1.82) is 0 Å². The summed E-state index contributed by atoms with van der Waals surface area (Å²) in [6.07, 6.45) is 0. The Morgan fingerprint density at radius 1 is 1.44 bits per heavy atom. The van der Waals surface area contributed by atoms with Gasteiger partial charge in [-0.05, 0) is 31.2 Å². The number of thioether (sulfide) groups is 1. The Labute approximate surface area is 99.8 Å². The summed E-state index contributed by atoms with van der Waals surface area (Å²) in [6.45, 7) is 3.45. The molecule has 1 amide bonds. The molecule has 86 valence electrons. The van der Waals surface area contributed by atoms with Crippen LogP contribution in [-0.2, 0) is 0 Å². The summed E-state index contributed by atoms with van der Waals surface area (Å²) < 4.78 is 5.34. The lowest BCUT2D eigenvalue weighted by Gasteiger charge is -2.14. The molecule has 1 heterocycles. The predicted molar refractivity (Wildman–Crippen MR) is 66.0 cm³/mol. The van der Waals surface area contributed by atoms with Crippen LogP contribution in [0.15, 0.2) is 24.3 Å². The first-order chi connectivity index (χ1) is 7.81. The molecule has 1 aromatic carbocycles. The molecule has 0 bridgehead atoms. The lowest BCUT2D eigenvalue weighted by atomic mass is 10.2. The van der Waals surface area contributed by atoms with Gasteiger partial charge in [0, 0.05) is 17.9 Å². The second kappa shape index (κ2) is 5.25. The summed E-state index contributed by atoms with van der Waals surface area (Å²) in [5.41, 5.74) is 0.742. The van der Waals surface area contributed by atoms with Gasteiger partial charge in [0.1, 0.15) is 5.75 Å². The number of carbonyl (C=O) groups excluding carboxylic acids is 1. The average Bonchev–Trinajstić information content (AvgIpc) is 2.83. The van der Waals surface area contributed by atoms with E-state index in [4.69, 9.17) is 4.74 Å². The summed E-state index contributed by atoms with van der Waals surface area (Å²) in [4.78, 5) is 13.9. The molecule has 0 radical (unpaired) electrons. The summed E-state index contributed by atoms with van der Waals surface area (Å²) in [7, 11) is 0. The molecule has 0 unspecified atom stereocenters. The highest BCUT2D eigenvalue weighted by Crippen LogP contribution is 2.18. The maximum Gasteiger partial charge on any atom is 0.254 e. The van der Waals surface area contributed by atoms with Crippen LogP contribution in [0.2, 0.25) is 0 Å². The molecule has 0 saturated carbocycles. The highest BCUT2D eigenvalue weighted by atomic mass is 32.2. The molecular formula is C12H15NO2S. The maximum atomic E-state index is 12.0. The molecular weight excluding hydrogens is 222 g/mol. The first kappa shape index (κ1) is 11.3. The van der Waals surface area contributed by atoms with Gasteiger partial charge >= 0.3 is 0 Å². The summed E-state index contributed by atoms with van der Waals surface area (Å²) in [5.74, 6) is 2.79.